The van der Waals surface area contributed by atoms with Gasteiger partial charge in [0.2, 0.25) is 5.43 Å². The molecule has 2 aromatic carbocycles. The number of rotatable bonds is 6. The number of benzene rings is 2. The molecule has 0 spiro atoms. The lowest BCUT2D eigenvalue weighted by molar-refractivity contribution is 0.139. The molecule has 7 heteroatoms. The summed E-state index contributed by atoms with van der Waals surface area (Å²) < 4.78 is 16.7. The quantitative estimate of drug-likeness (QED) is 0.407. The SMILES string of the molecule is COc1ccc(-c2coc3c(CN4CCCC[C@H]4c4cccnc4)c(O)c(OC)cc3c2=O)cc1. The van der Waals surface area contributed by atoms with Crippen molar-refractivity contribution >= 4 is 11.0 Å². The Balaban J connectivity index is 1.60. The number of pyridine rings is 1. The summed E-state index contributed by atoms with van der Waals surface area (Å²) >= 11 is 0. The van der Waals surface area contributed by atoms with Crippen LogP contribution in [0.5, 0.6) is 17.2 Å². The average molecular weight is 473 g/mol. The molecule has 7 nitrogen and oxygen atoms in total. The zero-order valence-electron chi connectivity index (χ0n) is 19.9. The predicted octanol–water partition coefficient (Wildman–Crippen LogP) is 5.31. The molecule has 1 fully saturated rings. The van der Waals surface area contributed by atoms with E-state index in [1.165, 1.54) is 13.4 Å². The number of hydrogen-bond acceptors (Lipinski definition) is 7. The minimum Gasteiger partial charge on any atom is -0.504 e. The summed E-state index contributed by atoms with van der Waals surface area (Å²) in [6, 6.07) is 13.0. The topological polar surface area (TPSA) is 85.0 Å². The number of piperidine rings is 1. The molecule has 4 aromatic rings. The second kappa shape index (κ2) is 9.80. The molecule has 0 aliphatic carbocycles. The van der Waals surface area contributed by atoms with E-state index in [0.29, 0.717) is 34.4 Å². The van der Waals surface area contributed by atoms with Crippen LogP contribution in [0.3, 0.4) is 0 Å². The van der Waals surface area contributed by atoms with Crippen LogP contribution in [0, 0.1) is 0 Å². The molecule has 180 valence electrons. The summed E-state index contributed by atoms with van der Waals surface area (Å²) in [6.45, 7) is 1.29. The van der Waals surface area contributed by atoms with E-state index < -0.39 is 0 Å². The maximum atomic E-state index is 13.5. The lowest BCUT2D eigenvalue weighted by Gasteiger charge is -2.36. The molecule has 0 bridgehead atoms. The molecule has 1 atom stereocenters. The van der Waals surface area contributed by atoms with Gasteiger partial charge >= 0.3 is 0 Å². The third-order valence-electron chi connectivity index (χ3n) is 6.76. The van der Waals surface area contributed by atoms with Gasteiger partial charge in [0.05, 0.1) is 30.7 Å². The van der Waals surface area contributed by atoms with Crippen LogP contribution in [0.4, 0.5) is 0 Å². The number of phenolic OH excluding ortho intramolecular Hbond substituents is 1. The Morgan fingerprint density at radius 2 is 1.97 bits per heavy atom. The van der Waals surface area contributed by atoms with Gasteiger partial charge in [0.25, 0.3) is 0 Å². The molecule has 1 N–H and O–H groups in total. The van der Waals surface area contributed by atoms with Crippen molar-refractivity contribution in [2.45, 2.75) is 31.8 Å². The van der Waals surface area contributed by atoms with E-state index in [1.54, 1.807) is 31.5 Å². The highest BCUT2D eigenvalue weighted by atomic mass is 16.5. The molecule has 2 aromatic heterocycles. The standard InChI is InChI=1S/C28H28N2O5/c1-33-20-10-8-18(9-11-20)23-17-35-28-21(26(23)31)14-25(34-2)27(32)22(28)16-30-13-4-3-7-24(30)19-6-5-12-29-15-19/h5-6,8-12,14-15,17,24,32H,3-4,7,13,16H2,1-2H3/t24-/m0/s1. The number of likely N-dealkylation sites (tertiary alicyclic amines) is 1. The molecule has 3 heterocycles. The molecule has 0 radical (unpaired) electrons. The zero-order chi connectivity index (χ0) is 24.4. The largest absolute Gasteiger partial charge is 0.504 e. The van der Waals surface area contributed by atoms with Crippen molar-refractivity contribution in [3.63, 3.8) is 0 Å². The minimum atomic E-state index is -0.182. The highest BCUT2D eigenvalue weighted by Gasteiger charge is 2.28. The van der Waals surface area contributed by atoms with Crippen LogP contribution in [-0.2, 0) is 6.54 Å². The van der Waals surface area contributed by atoms with Gasteiger partial charge in [-0.2, -0.15) is 0 Å². The maximum absolute atomic E-state index is 13.5. The highest BCUT2D eigenvalue weighted by Crippen LogP contribution is 2.40. The van der Waals surface area contributed by atoms with E-state index >= 15 is 0 Å². The Morgan fingerprint density at radius 1 is 1.14 bits per heavy atom. The molecule has 1 aliphatic heterocycles. The first kappa shape index (κ1) is 22.9. The van der Waals surface area contributed by atoms with Crippen molar-refractivity contribution in [1.82, 2.24) is 9.88 Å². The number of ether oxygens (including phenoxy) is 2. The maximum Gasteiger partial charge on any atom is 0.200 e. The summed E-state index contributed by atoms with van der Waals surface area (Å²) in [6.07, 6.45) is 8.32. The lowest BCUT2D eigenvalue weighted by atomic mass is 9.95. The molecule has 1 aliphatic rings. The monoisotopic (exact) mass is 472 g/mol. The van der Waals surface area contributed by atoms with E-state index in [-0.39, 0.29) is 23.0 Å². The molecule has 35 heavy (non-hydrogen) atoms. The van der Waals surface area contributed by atoms with Crippen LogP contribution in [0.1, 0.15) is 36.4 Å². The summed E-state index contributed by atoms with van der Waals surface area (Å²) in [4.78, 5) is 20.1. The Morgan fingerprint density at radius 3 is 2.69 bits per heavy atom. The van der Waals surface area contributed by atoms with Crippen molar-refractivity contribution in [2.24, 2.45) is 0 Å². The van der Waals surface area contributed by atoms with Crippen LogP contribution >= 0.6 is 0 Å². The Bertz CT molecular complexity index is 1380. The van der Waals surface area contributed by atoms with Crippen molar-refractivity contribution in [3.05, 3.63) is 82.5 Å². The molecular formula is C28H28N2O5. The fraction of sp³-hybridized carbons (Fsp3) is 0.286. The van der Waals surface area contributed by atoms with Crippen molar-refractivity contribution in [3.8, 4) is 28.4 Å². The van der Waals surface area contributed by atoms with Crippen LogP contribution < -0.4 is 14.9 Å². The van der Waals surface area contributed by atoms with Gasteiger partial charge in [0.15, 0.2) is 11.5 Å². The summed E-state index contributed by atoms with van der Waals surface area (Å²) in [5.74, 6) is 0.954. The van der Waals surface area contributed by atoms with Gasteiger partial charge in [0.1, 0.15) is 17.6 Å². The van der Waals surface area contributed by atoms with Crippen LogP contribution in [0.25, 0.3) is 22.1 Å². The summed E-state index contributed by atoms with van der Waals surface area (Å²) in [5, 5.41) is 11.4. The van der Waals surface area contributed by atoms with E-state index in [9.17, 15) is 9.90 Å². The second-order valence-corrected chi connectivity index (χ2v) is 8.76. The van der Waals surface area contributed by atoms with Crippen LogP contribution in [0.2, 0.25) is 0 Å². The molecule has 5 rings (SSSR count). The van der Waals surface area contributed by atoms with Gasteiger partial charge < -0.3 is 19.0 Å². The number of nitrogens with zero attached hydrogens (tertiary/aromatic N) is 2. The molecule has 0 amide bonds. The van der Waals surface area contributed by atoms with Crippen molar-refractivity contribution < 1.29 is 19.0 Å². The van der Waals surface area contributed by atoms with Gasteiger partial charge in [0, 0.05) is 25.0 Å². The highest BCUT2D eigenvalue weighted by molar-refractivity contribution is 5.88. The zero-order valence-corrected chi connectivity index (χ0v) is 19.9. The predicted molar refractivity (Wildman–Crippen MR) is 134 cm³/mol. The smallest absolute Gasteiger partial charge is 0.200 e. The molecular weight excluding hydrogens is 444 g/mol. The number of phenols is 1. The Hall–Kier alpha value is -3.84. The number of aromatic hydroxyl groups is 1. The first-order chi connectivity index (χ1) is 17.1. The number of methoxy groups -OCH3 is 2. The number of fused-ring (bicyclic) bond motifs is 1. The molecule has 0 saturated carbocycles. The van der Waals surface area contributed by atoms with Crippen molar-refractivity contribution in [2.75, 3.05) is 20.8 Å². The minimum absolute atomic E-state index is 0.00384. The third-order valence-corrected chi connectivity index (χ3v) is 6.76. The Kier molecular flexibility index (Phi) is 6.42. The van der Waals surface area contributed by atoms with Gasteiger partial charge in [-0.05, 0) is 54.8 Å². The van der Waals surface area contributed by atoms with Gasteiger partial charge in [-0.15, -0.1) is 0 Å². The van der Waals surface area contributed by atoms with E-state index in [1.807, 2.05) is 24.4 Å². The molecule has 0 unspecified atom stereocenters. The molecule has 1 saturated heterocycles. The van der Waals surface area contributed by atoms with Gasteiger partial charge in [-0.3, -0.25) is 14.7 Å². The number of aromatic nitrogens is 1. The van der Waals surface area contributed by atoms with E-state index in [0.717, 1.165) is 36.9 Å². The lowest BCUT2D eigenvalue weighted by Crippen LogP contribution is -2.33. The van der Waals surface area contributed by atoms with E-state index in [4.69, 9.17) is 13.9 Å². The van der Waals surface area contributed by atoms with Gasteiger partial charge in [-0.1, -0.05) is 24.6 Å². The average Bonchev–Trinajstić information content (AvgIpc) is 2.91. The first-order valence-electron chi connectivity index (χ1n) is 11.7. The second-order valence-electron chi connectivity index (χ2n) is 8.76. The van der Waals surface area contributed by atoms with Gasteiger partial charge in [-0.25, -0.2) is 0 Å². The first-order valence-corrected chi connectivity index (χ1v) is 11.7. The number of hydrogen-bond donors (Lipinski definition) is 1. The van der Waals surface area contributed by atoms with Crippen molar-refractivity contribution in [1.29, 1.82) is 0 Å². The van der Waals surface area contributed by atoms with Crippen LogP contribution in [-0.4, -0.2) is 35.8 Å². The summed E-state index contributed by atoms with van der Waals surface area (Å²) in [7, 11) is 3.08. The summed E-state index contributed by atoms with van der Waals surface area (Å²) in [5.41, 5.74) is 3.04. The van der Waals surface area contributed by atoms with Crippen LogP contribution in [0.15, 0.2) is 70.3 Å². The normalized spacial score (nSPS) is 16.3. The Labute approximate surface area is 203 Å². The fourth-order valence-corrected chi connectivity index (χ4v) is 4.91. The fourth-order valence-electron chi connectivity index (χ4n) is 4.91. The third kappa shape index (κ3) is 4.35. The van der Waals surface area contributed by atoms with E-state index in [2.05, 4.69) is 16.0 Å².